The minimum absolute atomic E-state index is 0.00611. The lowest BCUT2D eigenvalue weighted by molar-refractivity contribution is -0.396. The number of carbonyl (C=O) groups is 2. The molecule has 4 N–H and O–H groups in total. The lowest BCUT2D eigenvalue weighted by atomic mass is 9.60. The molecule has 12 aliphatic rings. The standard InChI is InChI=1S/C45H65NO14/c1-21-12-27-10-11-44(52)19-32(49)29-17-31-40(29)58-37-9-7-28-14-24(47)15-30-34(57-36(41(30)53-3)16-25(48)20-54-43(51)39(50)23-4-5-23)18-35-38(46-45(37,59-28)42(31)60-44)22(2)13-26(56-35)6-8-33(21)55-27/h22-23,25-37,39-42,48-50,52H,1,4-20H2,2-3H3/t22-,25+,26+,27+,28-,29+,30+,31-,32-,33+,34+,35-,36-,37+,39-,40+,41-,42-,44+,45+/m1/s1. The van der Waals surface area contributed by atoms with Crippen molar-refractivity contribution in [3.63, 3.8) is 0 Å². The van der Waals surface area contributed by atoms with Crippen LogP contribution in [0.5, 0.6) is 0 Å². The monoisotopic (exact) mass is 843 g/mol. The summed E-state index contributed by atoms with van der Waals surface area (Å²) in [5, 5.41) is 45.3. The Balaban J connectivity index is 1.01. The van der Waals surface area contributed by atoms with Crippen LogP contribution in [0.15, 0.2) is 17.1 Å². The first-order valence-corrected chi connectivity index (χ1v) is 23.0. The predicted octanol–water partition coefficient (Wildman–Crippen LogP) is 2.84. The second-order valence-electron chi connectivity index (χ2n) is 20.2. The first-order chi connectivity index (χ1) is 28.8. The van der Waals surface area contributed by atoms with E-state index >= 15 is 0 Å². The summed E-state index contributed by atoms with van der Waals surface area (Å²) in [5.74, 6) is -3.24. The number of fused-ring (bicyclic) bond motifs is 6. The number of ether oxygens (including phenoxy) is 8. The topological polar surface area (TPSA) is 201 Å². The number of Topliss-reactive ketones (excluding diaryl/α,β-unsaturated/α-hetero) is 1. The molecule has 12 rings (SSSR count). The van der Waals surface area contributed by atoms with Crippen molar-refractivity contribution in [1.82, 2.24) is 0 Å². The zero-order valence-electron chi connectivity index (χ0n) is 35.0. The van der Waals surface area contributed by atoms with E-state index in [4.69, 9.17) is 42.9 Å². The van der Waals surface area contributed by atoms with Crippen LogP contribution in [-0.2, 0) is 47.5 Å². The number of carbonyl (C=O) groups excluding carboxylic acids is 2. The maximum Gasteiger partial charge on any atom is 0.335 e. The van der Waals surface area contributed by atoms with Gasteiger partial charge in [0.1, 0.15) is 24.6 Å². The van der Waals surface area contributed by atoms with Gasteiger partial charge in [-0.2, -0.15) is 0 Å². The van der Waals surface area contributed by atoms with E-state index in [1.165, 1.54) is 0 Å². The number of nitrogens with zero attached hydrogens (tertiary/aromatic N) is 1. The Hall–Kier alpha value is -1.89. The summed E-state index contributed by atoms with van der Waals surface area (Å²) in [6.45, 7) is 6.26. The molecule has 0 aromatic carbocycles. The fourth-order valence-corrected chi connectivity index (χ4v) is 12.6. The molecular weight excluding hydrogens is 778 g/mol. The van der Waals surface area contributed by atoms with Gasteiger partial charge in [-0.3, -0.25) is 9.79 Å². The van der Waals surface area contributed by atoms with Crippen molar-refractivity contribution in [2.24, 2.45) is 34.6 Å². The highest BCUT2D eigenvalue weighted by molar-refractivity contribution is 5.92. The zero-order chi connectivity index (χ0) is 41.7. The van der Waals surface area contributed by atoms with Gasteiger partial charge in [0, 0.05) is 69.1 Å². The molecule has 10 aliphatic heterocycles. The molecule has 10 heterocycles. The number of aliphatic hydroxyl groups excluding tert-OH is 3. The van der Waals surface area contributed by atoms with Gasteiger partial charge in [-0.15, -0.1) is 0 Å². The number of hydrogen-bond acceptors (Lipinski definition) is 15. The van der Waals surface area contributed by atoms with Gasteiger partial charge >= 0.3 is 5.97 Å². The second kappa shape index (κ2) is 16.3. The highest BCUT2D eigenvalue weighted by Crippen LogP contribution is 2.58. The van der Waals surface area contributed by atoms with Crippen LogP contribution in [0, 0.1) is 29.6 Å². The zero-order valence-corrected chi connectivity index (χ0v) is 35.0. The Morgan fingerprint density at radius 2 is 1.70 bits per heavy atom. The number of methoxy groups -OCH3 is 1. The number of ketones is 1. The van der Waals surface area contributed by atoms with Crippen LogP contribution in [0.1, 0.15) is 110 Å². The van der Waals surface area contributed by atoms with Crippen molar-refractivity contribution in [2.75, 3.05) is 13.7 Å². The summed E-state index contributed by atoms with van der Waals surface area (Å²) in [6.07, 6.45) is 0.166. The van der Waals surface area contributed by atoms with Crippen LogP contribution in [0.2, 0.25) is 0 Å². The van der Waals surface area contributed by atoms with Gasteiger partial charge in [-0.1, -0.05) is 13.5 Å². The smallest absolute Gasteiger partial charge is 0.335 e. The maximum absolute atomic E-state index is 14.3. The molecule has 15 heteroatoms. The molecule has 20 atom stereocenters. The fourth-order valence-electron chi connectivity index (χ4n) is 12.6. The average molecular weight is 844 g/mol. The van der Waals surface area contributed by atoms with Gasteiger partial charge in [0.05, 0.1) is 67.1 Å². The third-order valence-electron chi connectivity index (χ3n) is 15.9. The minimum Gasteiger partial charge on any atom is -0.461 e. The van der Waals surface area contributed by atoms with E-state index in [1.807, 2.05) is 0 Å². The van der Waals surface area contributed by atoms with E-state index in [-0.39, 0.29) is 98.5 Å². The lowest BCUT2D eigenvalue weighted by Crippen LogP contribution is -2.75. The molecule has 0 unspecified atom stereocenters. The van der Waals surface area contributed by atoms with E-state index < -0.39 is 78.5 Å². The van der Waals surface area contributed by atoms with Crippen LogP contribution < -0.4 is 0 Å². The third-order valence-corrected chi connectivity index (χ3v) is 15.9. The molecular formula is C45H65NO14. The molecule has 2 aliphatic carbocycles. The summed E-state index contributed by atoms with van der Waals surface area (Å²) in [7, 11) is 1.59. The average Bonchev–Trinajstić information content (AvgIpc) is 3.91. The van der Waals surface area contributed by atoms with Crippen molar-refractivity contribution < 1.29 is 67.9 Å². The highest BCUT2D eigenvalue weighted by atomic mass is 16.7. The van der Waals surface area contributed by atoms with Crippen LogP contribution in [0.4, 0.5) is 0 Å². The van der Waals surface area contributed by atoms with Crippen molar-refractivity contribution in [3.8, 4) is 0 Å². The maximum atomic E-state index is 14.3. The Labute approximate surface area is 351 Å². The first kappa shape index (κ1) is 42.1. The Morgan fingerprint density at radius 1 is 0.900 bits per heavy atom. The van der Waals surface area contributed by atoms with E-state index in [9.17, 15) is 30.0 Å². The summed E-state index contributed by atoms with van der Waals surface area (Å²) >= 11 is 0. The van der Waals surface area contributed by atoms with Gasteiger partial charge in [0.25, 0.3) is 0 Å². The van der Waals surface area contributed by atoms with E-state index in [2.05, 4.69) is 13.5 Å². The second-order valence-corrected chi connectivity index (χ2v) is 20.2. The van der Waals surface area contributed by atoms with Gasteiger partial charge in [-0.25, -0.2) is 4.79 Å². The summed E-state index contributed by atoms with van der Waals surface area (Å²) in [6, 6.07) is 0. The number of aliphatic imine (C=N–C) groups is 1. The molecule has 9 fully saturated rings. The Bertz CT molecular complexity index is 1690. The Kier molecular flexibility index (Phi) is 11.4. The summed E-state index contributed by atoms with van der Waals surface area (Å²) in [4.78, 5) is 32.4. The largest absolute Gasteiger partial charge is 0.461 e. The quantitative estimate of drug-likeness (QED) is 0.215. The molecule has 0 radical (unpaired) electrons. The van der Waals surface area contributed by atoms with Crippen molar-refractivity contribution in [1.29, 1.82) is 0 Å². The molecule has 0 amide bonds. The molecule has 1 spiro atoms. The van der Waals surface area contributed by atoms with Crippen molar-refractivity contribution in [3.05, 3.63) is 12.2 Å². The minimum atomic E-state index is -1.67. The van der Waals surface area contributed by atoms with Gasteiger partial charge < -0.3 is 58.3 Å². The third kappa shape index (κ3) is 7.77. The number of rotatable bonds is 7. The van der Waals surface area contributed by atoms with E-state index in [1.54, 1.807) is 7.11 Å². The molecule has 12 bridgehead atoms. The predicted molar refractivity (Wildman–Crippen MR) is 210 cm³/mol. The number of hydrogen-bond donors (Lipinski definition) is 4. The van der Waals surface area contributed by atoms with Crippen LogP contribution >= 0.6 is 0 Å². The van der Waals surface area contributed by atoms with Crippen LogP contribution in [-0.4, -0.2) is 149 Å². The summed E-state index contributed by atoms with van der Waals surface area (Å²) in [5.41, 5.74) is 0.476. The van der Waals surface area contributed by atoms with Crippen LogP contribution in [0.3, 0.4) is 0 Å². The molecule has 7 saturated heterocycles. The molecule has 0 aromatic rings. The van der Waals surface area contributed by atoms with E-state index in [0.717, 1.165) is 43.4 Å². The van der Waals surface area contributed by atoms with Gasteiger partial charge in [-0.05, 0) is 81.6 Å². The van der Waals surface area contributed by atoms with Gasteiger partial charge in [0.2, 0.25) is 5.72 Å². The summed E-state index contributed by atoms with van der Waals surface area (Å²) < 4.78 is 53.1. The van der Waals surface area contributed by atoms with Crippen molar-refractivity contribution in [2.45, 2.75) is 207 Å². The fraction of sp³-hybridized carbons (Fsp3) is 0.889. The van der Waals surface area contributed by atoms with E-state index in [0.29, 0.717) is 38.5 Å². The molecule has 2 saturated carbocycles. The van der Waals surface area contributed by atoms with Crippen LogP contribution in [0.25, 0.3) is 0 Å². The number of esters is 1. The molecule has 334 valence electrons. The molecule has 60 heavy (non-hydrogen) atoms. The normalized spacial score (nSPS) is 49.8. The molecule has 15 nitrogen and oxygen atoms in total. The lowest BCUT2D eigenvalue weighted by Gasteiger charge is -2.64. The number of aliphatic hydroxyl groups is 4. The SMILES string of the molecule is C=C1C[C@@H]2CC[C@@]3(O)C[C@@H](O)[C@@H]4C[C@@H]5[C@H]4O[C@H]4CC[C@@H]6CC(=O)C[C@@H]7[C@@H](OC)[C@@H](C[C@H](O)COC(=O)[C@H](O)C8CC8)O[C@H]7C[C@H]7O[C@@H](CC[C@@H]1O2)C[C@@H](C)C7=N[C@@]4(O6)[C@@H]5O3. The van der Waals surface area contributed by atoms with Crippen molar-refractivity contribution >= 4 is 17.5 Å². The molecule has 0 aromatic heterocycles. The van der Waals surface area contributed by atoms with Gasteiger partial charge in [0.15, 0.2) is 11.9 Å². The highest BCUT2D eigenvalue weighted by Gasteiger charge is 2.69. The Morgan fingerprint density at radius 3 is 2.50 bits per heavy atom. The first-order valence-electron chi connectivity index (χ1n) is 23.0.